The van der Waals surface area contributed by atoms with Crippen molar-refractivity contribution in [1.29, 1.82) is 0 Å². The van der Waals surface area contributed by atoms with Crippen LogP contribution in [-0.4, -0.2) is 31.9 Å². The fourth-order valence-corrected chi connectivity index (χ4v) is 3.63. The van der Waals surface area contributed by atoms with Crippen LogP contribution in [0.3, 0.4) is 0 Å². The number of furan rings is 1. The number of aliphatic hydroxyl groups is 1. The number of carbonyl (C=O) groups excluding carboxylic acids is 1. The van der Waals surface area contributed by atoms with Gasteiger partial charge in [0.25, 0.3) is 0 Å². The van der Waals surface area contributed by atoms with Crippen LogP contribution >= 0.6 is 11.3 Å². The minimum atomic E-state index is -1.36. The lowest BCUT2D eigenvalue weighted by atomic mass is 9.94. The molecule has 0 radical (unpaired) electrons. The van der Waals surface area contributed by atoms with Crippen LogP contribution in [0.1, 0.15) is 16.0 Å². The van der Waals surface area contributed by atoms with Gasteiger partial charge in [-0.15, -0.1) is 11.3 Å². The molecule has 1 atom stereocenters. The number of nitrogens with one attached hydrogen (secondary N) is 2. The summed E-state index contributed by atoms with van der Waals surface area (Å²) in [6.45, 7) is 0.306. The summed E-state index contributed by atoms with van der Waals surface area (Å²) in [7, 11) is 3.13. The molecule has 2 aromatic heterocycles. The Labute approximate surface area is 166 Å². The van der Waals surface area contributed by atoms with Gasteiger partial charge in [0.1, 0.15) is 5.60 Å². The Morgan fingerprint density at radius 1 is 1.18 bits per heavy atom. The molecule has 0 saturated carbocycles. The van der Waals surface area contributed by atoms with E-state index in [9.17, 15) is 9.90 Å². The lowest BCUT2D eigenvalue weighted by Crippen LogP contribution is -2.44. The highest BCUT2D eigenvalue weighted by atomic mass is 32.1. The summed E-state index contributed by atoms with van der Waals surface area (Å²) in [6.07, 6.45) is 2.97. The molecule has 2 amide bonds. The van der Waals surface area contributed by atoms with Gasteiger partial charge in [0.05, 0.1) is 33.3 Å². The lowest BCUT2D eigenvalue weighted by molar-refractivity contribution is 0.0852. The highest BCUT2D eigenvalue weighted by Gasteiger charge is 2.34. The number of hydrogen-bond donors (Lipinski definition) is 3. The van der Waals surface area contributed by atoms with Crippen molar-refractivity contribution in [3.05, 3.63) is 70.3 Å². The third-order valence-corrected chi connectivity index (χ3v) is 5.35. The molecule has 0 aliphatic heterocycles. The molecule has 0 fully saturated rings. The van der Waals surface area contributed by atoms with Crippen LogP contribution in [-0.2, 0) is 12.1 Å². The second-order valence-corrected chi connectivity index (χ2v) is 7.02. The van der Waals surface area contributed by atoms with E-state index in [2.05, 4.69) is 10.6 Å². The number of amides is 2. The maximum Gasteiger partial charge on any atom is 0.315 e. The number of carbonyl (C=O) groups is 1. The molecule has 0 aliphatic carbocycles. The van der Waals surface area contributed by atoms with E-state index in [4.69, 9.17) is 13.9 Å². The number of urea groups is 1. The van der Waals surface area contributed by atoms with Crippen LogP contribution in [0.4, 0.5) is 4.79 Å². The Morgan fingerprint density at radius 2 is 2.00 bits per heavy atom. The fraction of sp³-hybridized carbons (Fsp3) is 0.250. The predicted octanol–water partition coefficient (Wildman–Crippen LogP) is 3.09. The second kappa shape index (κ2) is 8.81. The number of ether oxygens (including phenoxy) is 2. The van der Waals surface area contributed by atoms with Crippen molar-refractivity contribution in [1.82, 2.24) is 10.6 Å². The molecule has 7 nitrogen and oxygen atoms in total. The van der Waals surface area contributed by atoms with Crippen molar-refractivity contribution in [2.45, 2.75) is 12.1 Å². The van der Waals surface area contributed by atoms with Crippen LogP contribution < -0.4 is 20.1 Å². The summed E-state index contributed by atoms with van der Waals surface area (Å²) in [6, 6.07) is 10.4. The summed E-state index contributed by atoms with van der Waals surface area (Å²) in [5.74, 6) is 1.21. The van der Waals surface area contributed by atoms with Gasteiger partial charge in [0.15, 0.2) is 11.5 Å². The lowest BCUT2D eigenvalue weighted by Gasteiger charge is -2.26. The van der Waals surface area contributed by atoms with Gasteiger partial charge in [0.2, 0.25) is 0 Å². The highest BCUT2D eigenvalue weighted by Crippen LogP contribution is 2.32. The standard InChI is InChI=1S/C20H22N2O5S/c1-25-16-6-5-14(10-17(16)26-2)11-21-19(23)22-13-20(24,15-7-8-27-12-15)18-4-3-9-28-18/h3-10,12,24H,11,13H2,1-2H3,(H2,21,22,23)/t20-/m1/s1. The Balaban J connectivity index is 1.61. The number of thiophene rings is 1. The summed E-state index contributed by atoms with van der Waals surface area (Å²) < 4.78 is 15.6. The molecule has 0 saturated heterocycles. The van der Waals surface area contributed by atoms with E-state index in [1.165, 1.54) is 23.9 Å². The molecule has 0 aliphatic rings. The third-order valence-electron chi connectivity index (χ3n) is 4.33. The van der Waals surface area contributed by atoms with E-state index in [-0.39, 0.29) is 6.54 Å². The third kappa shape index (κ3) is 4.29. The summed E-state index contributed by atoms with van der Waals surface area (Å²) in [5, 5.41) is 18.5. The van der Waals surface area contributed by atoms with Crippen LogP contribution in [0.15, 0.2) is 58.7 Å². The fourth-order valence-electron chi connectivity index (χ4n) is 2.79. The quantitative estimate of drug-likeness (QED) is 0.538. The molecular weight excluding hydrogens is 380 g/mol. The Morgan fingerprint density at radius 3 is 2.64 bits per heavy atom. The molecule has 1 aromatic carbocycles. The Hall–Kier alpha value is -2.97. The Bertz CT molecular complexity index is 859. The summed E-state index contributed by atoms with van der Waals surface area (Å²) in [4.78, 5) is 13.0. The van der Waals surface area contributed by atoms with Crippen LogP contribution in [0.2, 0.25) is 0 Å². The van der Waals surface area contributed by atoms with Crippen LogP contribution in [0.5, 0.6) is 11.5 Å². The first-order valence-corrected chi connectivity index (χ1v) is 9.46. The molecule has 0 bridgehead atoms. The van der Waals surface area contributed by atoms with E-state index in [0.717, 1.165) is 5.56 Å². The van der Waals surface area contributed by atoms with E-state index < -0.39 is 11.6 Å². The molecule has 2 heterocycles. The molecule has 3 aromatic rings. The molecule has 0 spiro atoms. The molecule has 148 valence electrons. The topological polar surface area (TPSA) is 93.0 Å². The number of hydrogen-bond acceptors (Lipinski definition) is 6. The molecule has 8 heteroatoms. The zero-order chi connectivity index (χ0) is 20.0. The van der Waals surface area contributed by atoms with Gasteiger partial charge in [-0.25, -0.2) is 4.79 Å². The average Bonchev–Trinajstić information content (AvgIpc) is 3.44. The second-order valence-electron chi connectivity index (χ2n) is 6.08. The zero-order valence-corrected chi connectivity index (χ0v) is 16.4. The van der Waals surface area contributed by atoms with E-state index in [1.807, 2.05) is 23.6 Å². The van der Waals surface area contributed by atoms with Gasteiger partial charge in [-0.1, -0.05) is 12.1 Å². The number of rotatable bonds is 8. The maximum absolute atomic E-state index is 12.3. The number of benzene rings is 1. The van der Waals surface area contributed by atoms with E-state index >= 15 is 0 Å². The summed E-state index contributed by atoms with van der Waals surface area (Å²) >= 11 is 1.41. The van der Waals surface area contributed by atoms with Crippen molar-refractivity contribution >= 4 is 17.4 Å². The monoisotopic (exact) mass is 402 g/mol. The van der Waals surface area contributed by atoms with Crippen LogP contribution in [0, 0.1) is 0 Å². The molecule has 3 rings (SSSR count). The van der Waals surface area contributed by atoms with Gasteiger partial charge in [-0.3, -0.25) is 0 Å². The van der Waals surface area contributed by atoms with Crippen molar-refractivity contribution in [3.63, 3.8) is 0 Å². The zero-order valence-electron chi connectivity index (χ0n) is 15.6. The SMILES string of the molecule is COc1ccc(CNC(=O)NC[C@@](O)(c2ccoc2)c2cccs2)cc1OC. The average molecular weight is 402 g/mol. The van der Waals surface area contributed by atoms with Gasteiger partial charge in [-0.05, 0) is 35.2 Å². The normalized spacial score (nSPS) is 12.8. The first kappa shape index (κ1) is 19.8. The minimum absolute atomic E-state index is 0.00478. The van der Waals surface area contributed by atoms with E-state index in [0.29, 0.717) is 28.5 Å². The van der Waals surface area contributed by atoms with Gasteiger partial charge < -0.3 is 29.6 Å². The largest absolute Gasteiger partial charge is 0.493 e. The minimum Gasteiger partial charge on any atom is -0.493 e. The first-order valence-electron chi connectivity index (χ1n) is 8.58. The predicted molar refractivity (Wildman–Crippen MR) is 106 cm³/mol. The highest BCUT2D eigenvalue weighted by molar-refractivity contribution is 7.10. The smallest absolute Gasteiger partial charge is 0.315 e. The van der Waals surface area contributed by atoms with Crippen molar-refractivity contribution in [3.8, 4) is 11.5 Å². The Kier molecular flexibility index (Phi) is 6.23. The molecule has 3 N–H and O–H groups in total. The van der Waals surface area contributed by atoms with Gasteiger partial charge >= 0.3 is 6.03 Å². The van der Waals surface area contributed by atoms with Gasteiger partial charge in [-0.2, -0.15) is 0 Å². The summed E-state index contributed by atoms with van der Waals surface area (Å²) in [5.41, 5.74) is 0.0771. The van der Waals surface area contributed by atoms with Crippen molar-refractivity contribution < 1.29 is 23.8 Å². The van der Waals surface area contributed by atoms with Crippen molar-refractivity contribution in [2.24, 2.45) is 0 Å². The van der Waals surface area contributed by atoms with E-state index in [1.54, 1.807) is 32.4 Å². The van der Waals surface area contributed by atoms with Gasteiger partial charge in [0, 0.05) is 17.0 Å². The molecular formula is C20H22N2O5S. The maximum atomic E-state index is 12.3. The van der Waals surface area contributed by atoms with Crippen molar-refractivity contribution in [2.75, 3.05) is 20.8 Å². The first-order chi connectivity index (χ1) is 13.6. The van der Waals surface area contributed by atoms with Crippen LogP contribution in [0.25, 0.3) is 0 Å². The molecule has 0 unspecified atom stereocenters. The number of methoxy groups -OCH3 is 2. The molecule has 28 heavy (non-hydrogen) atoms.